The molecule has 1 aliphatic rings. The van der Waals surface area contributed by atoms with Gasteiger partial charge in [0.15, 0.2) is 0 Å². The topological polar surface area (TPSA) is 21.8 Å². The van der Waals surface area contributed by atoms with Gasteiger partial charge in [-0.05, 0) is 19.3 Å². The highest BCUT2D eigenvalue weighted by molar-refractivity contribution is 4.67. The van der Waals surface area contributed by atoms with Crippen molar-refractivity contribution in [2.24, 2.45) is 0 Å². The first-order valence-electron chi connectivity index (χ1n) is 5.13. The minimum absolute atomic E-state index is 0.613. The van der Waals surface area contributed by atoms with Crippen LogP contribution in [0.4, 0.5) is 0 Å². The first-order chi connectivity index (χ1) is 5.93. The quantitative estimate of drug-likeness (QED) is 0.414. The molecule has 0 spiro atoms. The van der Waals surface area contributed by atoms with E-state index >= 15 is 0 Å². The second-order valence-corrected chi connectivity index (χ2v) is 3.42. The maximum atomic E-state index is 5.37. The van der Waals surface area contributed by atoms with Crippen LogP contribution in [0.15, 0.2) is 0 Å². The minimum Gasteiger partial charge on any atom is -0.381 e. The van der Waals surface area contributed by atoms with Crippen LogP contribution in [0.25, 0.3) is 0 Å². The van der Waals surface area contributed by atoms with Gasteiger partial charge in [-0.2, -0.15) is 0 Å². The molecule has 0 amide bonds. The van der Waals surface area contributed by atoms with Crippen LogP contribution in [0.5, 0.6) is 0 Å². The van der Waals surface area contributed by atoms with Crippen LogP contribution in [0.3, 0.4) is 0 Å². The van der Waals surface area contributed by atoms with E-state index in [2.05, 4.69) is 6.92 Å². The molecule has 1 unspecified atom stereocenters. The van der Waals surface area contributed by atoms with Crippen molar-refractivity contribution in [2.45, 2.75) is 45.1 Å². The van der Waals surface area contributed by atoms with Crippen LogP contribution in [-0.4, -0.2) is 25.9 Å². The number of hydrogen-bond donors (Lipinski definition) is 0. The summed E-state index contributed by atoms with van der Waals surface area (Å²) in [6, 6.07) is 0. The van der Waals surface area contributed by atoms with E-state index in [4.69, 9.17) is 9.47 Å². The van der Waals surface area contributed by atoms with Gasteiger partial charge in [-0.25, -0.2) is 0 Å². The summed E-state index contributed by atoms with van der Waals surface area (Å²) in [6.45, 7) is 5.02. The Hall–Kier alpha value is -0.0800. The molecule has 72 valence electrons. The summed E-state index contributed by atoms with van der Waals surface area (Å²) in [5.74, 6) is 0. The summed E-state index contributed by atoms with van der Waals surface area (Å²) >= 11 is 0. The van der Waals surface area contributed by atoms with Gasteiger partial charge >= 0.3 is 0 Å². The molecule has 2 nitrogen and oxygen atoms in total. The predicted octanol–water partition coefficient (Wildman–Crippen LogP) is 2.37. The SMILES string of the molecule is CCCOCCCCCC1CO1. The molecule has 1 saturated heterocycles. The Morgan fingerprint density at radius 2 is 2.08 bits per heavy atom. The first-order valence-corrected chi connectivity index (χ1v) is 5.13. The third-order valence-electron chi connectivity index (χ3n) is 2.07. The molecule has 0 aromatic carbocycles. The Labute approximate surface area is 75.2 Å². The van der Waals surface area contributed by atoms with Crippen molar-refractivity contribution < 1.29 is 9.47 Å². The van der Waals surface area contributed by atoms with E-state index in [9.17, 15) is 0 Å². The first kappa shape index (κ1) is 10.0. The van der Waals surface area contributed by atoms with Gasteiger partial charge in [0, 0.05) is 13.2 Å². The van der Waals surface area contributed by atoms with Gasteiger partial charge in [0.05, 0.1) is 12.7 Å². The average Bonchev–Trinajstić information content (AvgIpc) is 2.87. The van der Waals surface area contributed by atoms with Crippen molar-refractivity contribution in [3.8, 4) is 0 Å². The molecule has 0 aromatic heterocycles. The lowest BCUT2D eigenvalue weighted by Gasteiger charge is -2.01. The van der Waals surface area contributed by atoms with Crippen molar-refractivity contribution in [3.05, 3.63) is 0 Å². The number of ether oxygens (including phenoxy) is 2. The molecule has 0 aliphatic carbocycles. The van der Waals surface area contributed by atoms with E-state index < -0.39 is 0 Å². The van der Waals surface area contributed by atoms with Gasteiger partial charge in [0.2, 0.25) is 0 Å². The lowest BCUT2D eigenvalue weighted by Crippen LogP contribution is -1.95. The standard InChI is InChI=1S/C10H20O2/c1-2-7-11-8-5-3-4-6-10-9-12-10/h10H,2-9H2,1H3. The lowest BCUT2D eigenvalue weighted by atomic mass is 10.2. The largest absolute Gasteiger partial charge is 0.381 e. The van der Waals surface area contributed by atoms with E-state index in [1.807, 2.05) is 0 Å². The van der Waals surface area contributed by atoms with Crippen molar-refractivity contribution in [3.63, 3.8) is 0 Å². The molecule has 1 aliphatic heterocycles. The Morgan fingerprint density at radius 1 is 1.25 bits per heavy atom. The van der Waals surface area contributed by atoms with E-state index in [1.165, 1.54) is 25.7 Å². The van der Waals surface area contributed by atoms with Crippen LogP contribution in [0, 0.1) is 0 Å². The molecule has 0 radical (unpaired) electrons. The Bertz CT molecular complexity index is 100. The highest BCUT2D eigenvalue weighted by Crippen LogP contribution is 2.16. The predicted molar refractivity (Wildman–Crippen MR) is 49.3 cm³/mol. The summed E-state index contributed by atoms with van der Waals surface area (Å²) in [6.07, 6.45) is 6.82. The average molecular weight is 172 g/mol. The zero-order chi connectivity index (χ0) is 8.65. The molecule has 1 fully saturated rings. The highest BCUT2D eigenvalue weighted by atomic mass is 16.6. The summed E-state index contributed by atoms with van der Waals surface area (Å²) in [7, 11) is 0. The van der Waals surface area contributed by atoms with Gasteiger partial charge in [0.25, 0.3) is 0 Å². The monoisotopic (exact) mass is 172 g/mol. The maximum Gasteiger partial charge on any atom is 0.0810 e. The highest BCUT2D eigenvalue weighted by Gasteiger charge is 2.20. The zero-order valence-corrected chi connectivity index (χ0v) is 8.05. The van der Waals surface area contributed by atoms with Gasteiger partial charge in [-0.3, -0.25) is 0 Å². The van der Waals surface area contributed by atoms with E-state index in [0.717, 1.165) is 26.2 Å². The van der Waals surface area contributed by atoms with E-state index in [0.29, 0.717) is 6.10 Å². The maximum absolute atomic E-state index is 5.37. The van der Waals surface area contributed by atoms with Gasteiger partial charge in [0.1, 0.15) is 0 Å². The number of epoxide rings is 1. The second-order valence-electron chi connectivity index (χ2n) is 3.42. The number of unbranched alkanes of at least 4 members (excludes halogenated alkanes) is 2. The molecular formula is C10H20O2. The van der Waals surface area contributed by atoms with Crippen LogP contribution >= 0.6 is 0 Å². The summed E-state index contributed by atoms with van der Waals surface area (Å²) in [5.41, 5.74) is 0. The molecule has 1 rings (SSSR count). The van der Waals surface area contributed by atoms with Gasteiger partial charge in [-0.15, -0.1) is 0 Å². The molecule has 1 atom stereocenters. The molecule has 0 saturated carbocycles. The van der Waals surface area contributed by atoms with E-state index in [-0.39, 0.29) is 0 Å². The van der Waals surface area contributed by atoms with Gasteiger partial charge in [-0.1, -0.05) is 19.8 Å². The fraction of sp³-hybridized carbons (Fsp3) is 1.00. The van der Waals surface area contributed by atoms with E-state index in [1.54, 1.807) is 0 Å². The van der Waals surface area contributed by atoms with Crippen molar-refractivity contribution in [2.75, 3.05) is 19.8 Å². The third kappa shape index (κ3) is 5.56. The van der Waals surface area contributed by atoms with Crippen LogP contribution < -0.4 is 0 Å². The number of rotatable bonds is 8. The van der Waals surface area contributed by atoms with Crippen LogP contribution in [-0.2, 0) is 9.47 Å². The zero-order valence-electron chi connectivity index (χ0n) is 8.05. The summed E-state index contributed by atoms with van der Waals surface area (Å²) in [4.78, 5) is 0. The smallest absolute Gasteiger partial charge is 0.0810 e. The Morgan fingerprint density at radius 3 is 2.75 bits per heavy atom. The lowest BCUT2D eigenvalue weighted by molar-refractivity contribution is 0.130. The molecule has 0 N–H and O–H groups in total. The van der Waals surface area contributed by atoms with Crippen LogP contribution in [0.2, 0.25) is 0 Å². The molecule has 12 heavy (non-hydrogen) atoms. The van der Waals surface area contributed by atoms with Crippen molar-refractivity contribution in [1.29, 1.82) is 0 Å². The molecule has 2 heteroatoms. The Kier molecular flexibility index (Phi) is 5.37. The molecular weight excluding hydrogens is 152 g/mol. The molecule has 0 aromatic rings. The number of hydrogen-bond acceptors (Lipinski definition) is 2. The third-order valence-corrected chi connectivity index (χ3v) is 2.07. The minimum atomic E-state index is 0.613. The van der Waals surface area contributed by atoms with Crippen molar-refractivity contribution in [1.82, 2.24) is 0 Å². The van der Waals surface area contributed by atoms with Crippen molar-refractivity contribution >= 4 is 0 Å². The normalized spacial score (nSPS) is 21.2. The second kappa shape index (κ2) is 6.44. The summed E-state index contributed by atoms with van der Waals surface area (Å²) < 4.78 is 10.5. The fourth-order valence-corrected chi connectivity index (χ4v) is 1.23. The molecule has 0 bridgehead atoms. The Balaban J connectivity index is 1.65. The summed E-state index contributed by atoms with van der Waals surface area (Å²) in [5, 5.41) is 0. The van der Waals surface area contributed by atoms with Crippen LogP contribution in [0.1, 0.15) is 39.0 Å². The molecule has 1 heterocycles. The fourth-order valence-electron chi connectivity index (χ4n) is 1.23. The van der Waals surface area contributed by atoms with Gasteiger partial charge < -0.3 is 9.47 Å².